The van der Waals surface area contributed by atoms with Gasteiger partial charge in [-0.15, -0.1) is 0 Å². The third kappa shape index (κ3) is 1.85. The number of fused-ring (bicyclic) bond motifs is 1. The Morgan fingerprint density at radius 1 is 1.35 bits per heavy atom. The van der Waals surface area contributed by atoms with Crippen LogP contribution in [0.2, 0.25) is 0 Å². The summed E-state index contributed by atoms with van der Waals surface area (Å²) in [7, 11) is 0. The van der Waals surface area contributed by atoms with E-state index >= 15 is 0 Å². The Kier molecular flexibility index (Phi) is 2.87. The quantitative estimate of drug-likeness (QED) is 0.862. The van der Waals surface area contributed by atoms with Gasteiger partial charge in [0.05, 0.1) is 6.61 Å². The van der Waals surface area contributed by atoms with Crippen LogP contribution in [0.1, 0.15) is 24.4 Å². The molecule has 0 bridgehead atoms. The lowest BCUT2D eigenvalue weighted by Gasteiger charge is -2.22. The van der Waals surface area contributed by atoms with Gasteiger partial charge in [-0.1, -0.05) is 25.1 Å². The highest BCUT2D eigenvalue weighted by molar-refractivity contribution is 5.82. The minimum absolute atomic E-state index is 0.0612. The van der Waals surface area contributed by atoms with Crippen molar-refractivity contribution in [3.8, 4) is 0 Å². The molecule has 1 atom stereocenters. The van der Waals surface area contributed by atoms with Crippen LogP contribution in [0, 0.1) is 0 Å². The first-order valence-electron chi connectivity index (χ1n) is 6.22. The highest BCUT2D eigenvalue weighted by atomic mass is 16.5. The smallest absolute Gasteiger partial charge is 0.138 e. The highest BCUT2D eigenvalue weighted by Gasteiger charge is 2.23. The molecule has 90 valence electrons. The van der Waals surface area contributed by atoms with Crippen LogP contribution in [0.3, 0.4) is 0 Å². The summed E-state index contributed by atoms with van der Waals surface area (Å²) in [6.07, 6.45) is 1.04. The van der Waals surface area contributed by atoms with Crippen molar-refractivity contribution < 1.29 is 9.15 Å². The number of nitrogens with one attached hydrogen (secondary N) is 1. The Hall–Kier alpha value is -1.32. The van der Waals surface area contributed by atoms with Crippen molar-refractivity contribution in [1.82, 2.24) is 5.32 Å². The van der Waals surface area contributed by atoms with E-state index in [2.05, 4.69) is 24.4 Å². The second kappa shape index (κ2) is 4.51. The molecule has 0 spiro atoms. The van der Waals surface area contributed by atoms with E-state index in [0.29, 0.717) is 0 Å². The van der Waals surface area contributed by atoms with Crippen molar-refractivity contribution in [1.29, 1.82) is 0 Å². The number of ether oxygens (including phenoxy) is 1. The third-order valence-electron chi connectivity index (χ3n) is 3.30. The molecule has 0 amide bonds. The van der Waals surface area contributed by atoms with Crippen LogP contribution in [-0.4, -0.2) is 19.7 Å². The molecule has 2 heterocycles. The van der Waals surface area contributed by atoms with E-state index in [1.807, 2.05) is 12.1 Å². The van der Waals surface area contributed by atoms with Gasteiger partial charge in [-0.2, -0.15) is 0 Å². The lowest BCUT2D eigenvalue weighted by atomic mass is 10.1. The normalized spacial score (nSPS) is 20.9. The van der Waals surface area contributed by atoms with E-state index in [1.165, 1.54) is 10.9 Å². The molecule has 3 heteroatoms. The molecular weight excluding hydrogens is 214 g/mol. The molecule has 1 unspecified atom stereocenters. The third-order valence-corrected chi connectivity index (χ3v) is 3.30. The number of furan rings is 1. The molecule has 17 heavy (non-hydrogen) atoms. The lowest BCUT2D eigenvalue weighted by Crippen LogP contribution is -2.33. The van der Waals surface area contributed by atoms with E-state index < -0.39 is 0 Å². The Labute approximate surface area is 101 Å². The van der Waals surface area contributed by atoms with Gasteiger partial charge in [0.2, 0.25) is 0 Å². The Bertz CT molecular complexity index is 512. The van der Waals surface area contributed by atoms with Crippen molar-refractivity contribution in [3.05, 3.63) is 35.6 Å². The van der Waals surface area contributed by atoms with Crippen LogP contribution < -0.4 is 5.32 Å². The molecule has 1 N–H and O–H groups in total. The van der Waals surface area contributed by atoms with Gasteiger partial charge in [-0.05, 0) is 12.5 Å². The van der Waals surface area contributed by atoms with Gasteiger partial charge in [0, 0.05) is 24.0 Å². The van der Waals surface area contributed by atoms with Crippen molar-refractivity contribution in [2.24, 2.45) is 0 Å². The van der Waals surface area contributed by atoms with Crippen molar-refractivity contribution >= 4 is 11.0 Å². The summed E-state index contributed by atoms with van der Waals surface area (Å²) < 4.78 is 11.7. The van der Waals surface area contributed by atoms with Gasteiger partial charge in [0.25, 0.3) is 0 Å². The minimum atomic E-state index is 0.0612. The zero-order chi connectivity index (χ0) is 11.7. The summed E-state index contributed by atoms with van der Waals surface area (Å²) in [5.41, 5.74) is 2.25. The predicted octanol–water partition coefficient (Wildman–Crippen LogP) is 2.66. The van der Waals surface area contributed by atoms with Gasteiger partial charge in [-0.25, -0.2) is 0 Å². The van der Waals surface area contributed by atoms with Crippen LogP contribution in [0.4, 0.5) is 0 Å². The van der Waals surface area contributed by atoms with E-state index in [4.69, 9.17) is 9.15 Å². The average molecular weight is 231 g/mol. The summed E-state index contributed by atoms with van der Waals surface area (Å²) in [6, 6.07) is 8.21. The first-order valence-corrected chi connectivity index (χ1v) is 6.22. The molecule has 1 saturated heterocycles. The van der Waals surface area contributed by atoms with Gasteiger partial charge in [0.1, 0.15) is 17.4 Å². The number of para-hydroxylation sites is 1. The van der Waals surface area contributed by atoms with E-state index in [-0.39, 0.29) is 6.10 Å². The Morgan fingerprint density at radius 2 is 2.24 bits per heavy atom. The predicted molar refractivity (Wildman–Crippen MR) is 67.2 cm³/mol. The maximum Gasteiger partial charge on any atom is 0.138 e. The zero-order valence-electron chi connectivity index (χ0n) is 10.0. The maximum absolute atomic E-state index is 5.96. The molecule has 1 aromatic carbocycles. The fraction of sp³-hybridized carbons (Fsp3) is 0.429. The molecule has 1 aromatic heterocycles. The van der Waals surface area contributed by atoms with E-state index in [9.17, 15) is 0 Å². The van der Waals surface area contributed by atoms with Crippen LogP contribution in [-0.2, 0) is 11.2 Å². The topological polar surface area (TPSA) is 34.4 Å². The zero-order valence-corrected chi connectivity index (χ0v) is 10.0. The SMILES string of the molecule is CCc1c(C2CNCCO2)oc2ccccc12. The maximum atomic E-state index is 5.96. The Balaban J connectivity index is 2.08. The number of hydrogen-bond acceptors (Lipinski definition) is 3. The molecule has 1 aliphatic rings. The fourth-order valence-electron chi connectivity index (χ4n) is 2.48. The van der Waals surface area contributed by atoms with Crippen LogP contribution >= 0.6 is 0 Å². The van der Waals surface area contributed by atoms with Gasteiger partial charge < -0.3 is 14.5 Å². The summed E-state index contributed by atoms with van der Waals surface area (Å²) in [5, 5.41) is 4.57. The first-order chi connectivity index (χ1) is 8.40. The molecule has 3 rings (SSSR count). The molecule has 2 aromatic rings. The van der Waals surface area contributed by atoms with Crippen molar-refractivity contribution in [2.75, 3.05) is 19.7 Å². The van der Waals surface area contributed by atoms with Crippen LogP contribution in [0.15, 0.2) is 28.7 Å². The van der Waals surface area contributed by atoms with Gasteiger partial charge in [0.15, 0.2) is 0 Å². The summed E-state index contributed by atoms with van der Waals surface area (Å²) in [4.78, 5) is 0. The van der Waals surface area contributed by atoms with Gasteiger partial charge >= 0.3 is 0 Å². The molecule has 1 aliphatic heterocycles. The Morgan fingerprint density at radius 3 is 3.00 bits per heavy atom. The van der Waals surface area contributed by atoms with Crippen LogP contribution in [0.25, 0.3) is 11.0 Å². The number of hydrogen-bond donors (Lipinski definition) is 1. The van der Waals surface area contributed by atoms with Gasteiger partial charge in [-0.3, -0.25) is 0 Å². The molecule has 0 radical (unpaired) electrons. The summed E-state index contributed by atoms with van der Waals surface area (Å²) in [6.45, 7) is 4.69. The summed E-state index contributed by atoms with van der Waals surface area (Å²) in [5.74, 6) is 1.00. The minimum Gasteiger partial charge on any atom is -0.458 e. The summed E-state index contributed by atoms with van der Waals surface area (Å²) >= 11 is 0. The first kappa shape index (κ1) is 10.8. The molecule has 3 nitrogen and oxygen atoms in total. The monoisotopic (exact) mass is 231 g/mol. The van der Waals surface area contributed by atoms with Crippen molar-refractivity contribution in [2.45, 2.75) is 19.4 Å². The molecule has 1 fully saturated rings. The lowest BCUT2D eigenvalue weighted by molar-refractivity contribution is 0.0145. The van der Waals surface area contributed by atoms with Crippen molar-refractivity contribution in [3.63, 3.8) is 0 Å². The van der Waals surface area contributed by atoms with E-state index in [0.717, 1.165) is 37.5 Å². The number of rotatable bonds is 2. The van der Waals surface area contributed by atoms with E-state index in [1.54, 1.807) is 0 Å². The second-order valence-electron chi connectivity index (χ2n) is 4.36. The van der Waals surface area contributed by atoms with Crippen LogP contribution in [0.5, 0.6) is 0 Å². The fourth-order valence-corrected chi connectivity index (χ4v) is 2.48. The number of aryl methyl sites for hydroxylation is 1. The number of morpholine rings is 1. The standard InChI is InChI=1S/C14H17NO2/c1-2-10-11-5-3-4-6-12(11)17-14(10)13-9-15-7-8-16-13/h3-6,13,15H,2,7-9H2,1H3. The largest absolute Gasteiger partial charge is 0.458 e. The molecule has 0 aliphatic carbocycles. The molecular formula is C14H17NO2. The molecule has 0 saturated carbocycles. The average Bonchev–Trinajstić information content (AvgIpc) is 2.78. The highest BCUT2D eigenvalue weighted by Crippen LogP contribution is 2.32. The number of benzene rings is 1. The second-order valence-corrected chi connectivity index (χ2v) is 4.36.